The molecule has 11 heavy (non-hydrogen) atoms. The average molecular weight is 152 g/mol. The SMILES string of the molecule is CC(C)(C)CN1C=CN=CC1. The van der Waals surface area contributed by atoms with Crippen molar-refractivity contribution in [1.29, 1.82) is 0 Å². The van der Waals surface area contributed by atoms with Gasteiger partial charge in [0, 0.05) is 25.2 Å². The molecule has 0 aromatic rings. The van der Waals surface area contributed by atoms with Gasteiger partial charge >= 0.3 is 0 Å². The highest BCUT2D eigenvalue weighted by Crippen LogP contribution is 2.15. The lowest BCUT2D eigenvalue weighted by Crippen LogP contribution is -2.30. The first-order valence-electron chi connectivity index (χ1n) is 4.00. The van der Waals surface area contributed by atoms with Gasteiger partial charge in [-0.3, -0.25) is 4.99 Å². The number of aliphatic imine (C=N–C) groups is 1. The molecule has 1 aliphatic rings. The van der Waals surface area contributed by atoms with Crippen LogP contribution >= 0.6 is 0 Å². The fourth-order valence-electron chi connectivity index (χ4n) is 1.13. The first-order valence-corrected chi connectivity index (χ1v) is 4.00. The normalized spacial score (nSPS) is 17.5. The molecular formula is C9H16N2. The maximum absolute atomic E-state index is 4.01. The molecule has 0 amide bonds. The Morgan fingerprint density at radius 1 is 1.45 bits per heavy atom. The third kappa shape index (κ3) is 3.21. The molecule has 0 saturated heterocycles. The number of nitrogens with zero attached hydrogens (tertiary/aromatic N) is 2. The molecule has 1 heterocycles. The van der Waals surface area contributed by atoms with E-state index in [1.165, 1.54) is 0 Å². The second-order valence-electron chi connectivity index (χ2n) is 4.12. The lowest BCUT2D eigenvalue weighted by Gasteiger charge is -2.28. The van der Waals surface area contributed by atoms with Crippen molar-refractivity contribution in [3.8, 4) is 0 Å². The highest BCUT2D eigenvalue weighted by Gasteiger charge is 2.13. The Balaban J connectivity index is 2.39. The van der Waals surface area contributed by atoms with Crippen LogP contribution in [0.1, 0.15) is 20.8 Å². The molecular weight excluding hydrogens is 136 g/mol. The van der Waals surface area contributed by atoms with E-state index in [1.807, 2.05) is 18.6 Å². The van der Waals surface area contributed by atoms with E-state index in [0.717, 1.165) is 13.1 Å². The fourth-order valence-corrected chi connectivity index (χ4v) is 1.13. The van der Waals surface area contributed by atoms with Gasteiger partial charge in [0.05, 0.1) is 6.54 Å². The van der Waals surface area contributed by atoms with Crippen LogP contribution in [0.4, 0.5) is 0 Å². The van der Waals surface area contributed by atoms with Crippen LogP contribution in [0.2, 0.25) is 0 Å². The minimum absolute atomic E-state index is 0.371. The van der Waals surface area contributed by atoms with E-state index in [-0.39, 0.29) is 0 Å². The molecule has 0 N–H and O–H groups in total. The maximum atomic E-state index is 4.01. The highest BCUT2D eigenvalue weighted by molar-refractivity contribution is 5.61. The molecule has 1 rings (SSSR count). The molecule has 0 aromatic heterocycles. The van der Waals surface area contributed by atoms with Crippen molar-refractivity contribution in [2.75, 3.05) is 13.1 Å². The lowest BCUT2D eigenvalue weighted by molar-refractivity contribution is 0.272. The molecule has 0 bridgehead atoms. The monoisotopic (exact) mass is 152 g/mol. The predicted molar refractivity (Wildman–Crippen MR) is 48.7 cm³/mol. The summed E-state index contributed by atoms with van der Waals surface area (Å²) >= 11 is 0. The Bertz CT molecular complexity index is 174. The maximum Gasteiger partial charge on any atom is 0.0527 e. The van der Waals surface area contributed by atoms with Crippen LogP contribution < -0.4 is 0 Å². The van der Waals surface area contributed by atoms with Gasteiger partial charge in [0.2, 0.25) is 0 Å². The van der Waals surface area contributed by atoms with Gasteiger partial charge in [-0.25, -0.2) is 0 Å². The molecule has 2 nitrogen and oxygen atoms in total. The molecule has 0 saturated carbocycles. The largest absolute Gasteiger partial charge is 0.370 e. The van der Waals surface area contributed by atoms with Crippen molar-refractivity contribution in [1.82, 2.24) is 4.90 Å². The van der Waals surface area contributed by atoms with Crippen LogP contribution in [-0.4, -0.2) is 24.2 Å². The zero-order valence-electron chi connectivity index (χ0n) is 7.54. The van der Waals surface area contributed by atoms with Crippen molar-refractivity contribution >= 4 is 6.21 Å². The average Bonchev–Trinajstić information content (AvgIpc) is 1.85. The van der Waals surface area contributed by atoms with Crippen LogP contribution in [0, 0.1) is 5.41 Å². The third-order valence-electron chi connectivity index (χ3n) is 1.46. The molecule has 0 spiro atoms. The van der Waals surface area contributed by atoms with Crippen molar-refractivity contribution < 1.29 is 0 Å². The molecule has 2 heteroatoms. The van der Waals surface area contributed by atoms with Gasteiger partial charge in [-0.2, -0.15) is 0 Å². The Morgan fingerprint density at radius 2 is 2.18 bits per heavy atom. The quantitative estimate of drug-likeness (QED) is 0.560. The zero-order valence-corrected chi connectivity index (χ0v) is 7.54. The summed E-state index contributed by atoms with van der Waals surface area (Å²) in [6, 6.07) is 0. The van der Waals surface area contributed by atoms with Crippen LogP contribution in [0.5, 0.6) is 0 Å². The minimum Gasteiger partial charge on any atom is -0.370 e. The van der Waals surface area contributed by atoms with E-state index >= 15 is 0 Å². The third-order valence-corrected chi connectivity index (χ3v) is 1.46. The van der Waals surface area contributed by atoms with E-state index in [4.69, 9.17) is 0 Å². The zero-order chi connectivity index (χ0) is 8.32. The Kier molecular flexibility index (Phi) is 2.32. The number of hydrogen-bond donors (Lipinski definition) is 0. The van der Waals surface area contributed by atoms with Crippen molar-refractivity contribution in [3.63, 3.8) is 0 Å². The van der Waals surface area contributed by atoms with E-state index < -0.39 is 0 Å². The van der Waals surface area contributed by atoms with Crippen LogP contribution in [0.25, 0.3) is 0 Å². The van der Waals surface area contributed by atoms with Gasteiger partial charge in [-0.15, -0.1) is 0 Å². The molecule has 0 unspecified atom stereocenters. The summed E-state index contributed by atoms with van der Waals surface area (Å²) in [5, 5.41) is 0. The first kappa shape index (κ1) is 8.31. The second kappa shape index (κ2) is 3.07. The van der Waals surface area contributed by atoms with Crippen LogP contribution in [0.3, 0.4) is 0 Å². The van der Waals surface area contributed by atoms with E-state index in [0.29, 0.717) is 5.41 Å². The van der Waals surface area contributed by atoms with E-state index in [2.05, 4.69) is 30.7 Å². The number of hydrogen-bond acceptors (Lipinski definition) is 2. The minimum atomic E-state index is 0.371. The van der Waals surface area contributed by atoms with Crippen molar-refractivity contribution in [2.45, 2.75) is 20.8 Å². The number of rotatable bonds is 1. The molecule has 1 aliphatic heterocycles. The summed E-state index contributed by atoms with van der Waals surface area (Å²) in [6.07, 6.45) is 5.83. The Hall–Kier alpha value is -0.790. The van der Waals surface area contributed by atoms with Gasteiger partial charge < -0.3 is 4.90 Å². The van der Waals surface area contributed by atoms with Gasteiger partial charge in [-0.1, -0.05) is 20.8 Å². The van der Waals surface area contributed by atoms with Crippen molar-refractivity contribution in [3.05, 3.63) is 12.4 Å². The second-order valence-corrected chi connectivity index (χ2v) is 4.12. The highest BCUT2D eigenvalue weighted by atomic mass is 15.1. The summed E-state index contributed by atoms with van der Waals surface area (Å²) in [7, 11) is 0. The molecule has 62 valence electrons. The predicted octanol–water partition coefficient (Wildman–Crippen LogP) is 1.89. The van der Waals surface area contributed by atoms with Crippen LogP contribution in [0.15, 0.2) is 17.4 Å². The Labute approximate surface area is 68.6 Å². The molecule has 0 radical (unpaired) electrons. The summed E-state index contributed by atoms with van der Waals surface area (Å²) in [5.41, 5.74) is 0.371. The van der Waals surface area contributed by atoms with Crippen molar-refractivity contribution in [2.24, 2.45) is 10.4 Å². The Morgan fingerprint density at radius 3 is 2.64 bits per heavy atom. The molecule has 0 aliphatic carbocycles. The van der Waals surface area contributed by atoms with Gasteiger partial charge in [0.25, 0.3) is 0 Å². The first-order chi connectivity index (χ1) is 5.08. The van der Waals surface area contributed by atoms with E-state index in [9.17, 15) is 0 Å². The summed E-state index contributed by atoms with van der Waals surface area (Å²) < 4.78 is 0. The van der Waals surface area contributed by atoms with E-state index in [1.54, 1.807) is 0 Å². The molecule has 0 aromatic carbocycles. The van der Waals surface area contributed by atoms with Gasteiger partial charge in [0.1, 0.15) is 0 Å². The van der Waals surface area contributed by atoms with Gasteiger partial charge in [0.15, 0.2) is 0 Å². The lowest BCUT2D eigenvalue weighted by atomic mass is 9.96. The fraction of sp³-hybridized carbons (Fsp3) is 0.667. The summed E-state index contributed by atoms with van der Waals surface area (Å²) in [4.78, 5) is 6.28. The summed E-state index contributed by atoms with van der Waals surface area (Å²) in [5.74, 6) is 0. The standard InChI is InChI=1S/C9H16N2/c1-9(2,3)8-11-6-4-10-5-7-11/h4-6H,7-8H2,1-3H3. The summed E-state index contributed by atoms with van der Waals surface area (Å²) in [6.45, 7) is 8.77. The topological polar surface area (TPSA) is 15.6 Å². The van der Waals surface area contributed by atoms with Gasteiger partial charge in [-0.05, 0) is 5.41 Å². The van der Waals surface area contributed by atoms with Crippen LogP contribution in [-0.2, 0) is 0 Å². The molecule has 0 fully saturated rings. The molecule has 0 atom stereocenters. The smallest absolute Gasteiger partial charge is 0.0527 e.